The summed E-state index contributed by atoms with van der Waals surface area (Å²) >= 11 is 0. The minimum atomic E-state index is 0.223. The largest absolute Gasteiger partial charge is 0.488 e. The fourth-order valence-corrected chi connectivity index (χ4v) is 4.74. The Bertz CT molecular complexity index is 1060. The molecule has 168 valence electrons. The summed E-state index contributed by atoms with van der Waals surface area (Å²) in [7, 11) is 0. The van der Waals surface area contributed by atoms with Gasteiger partial charge in [-0.15, -0.1) is 0 Å². The molecular formula is C26H29N6O+. The Morgan fingerprint density at radius 1 is 0.818 bits per heavy atom. The number of ether oxygens (including phenoxy) is 1. The van der Waals surface area contributed by atoms with Crippen molar-refractivity contribution in [3.05, 3.63) is 102 Å². The molecule has 1 aliphatic heterocycles. The molecule has 0 radical (unpaired) electrons. The fourth-order valence-electron chi connectivity index (χ4n) is 4.74. The van der Waals surface area contributed by atoms with Gasteiger partial charge < -0.3 is 4.74 Å². The van der Waals surface area contributed by atoms with Crippen molar-refractivity contribution >= 4 is 5.95 Å². The van der Waals surface area contributed by atoms with Crippen LogP contribution in [0.1, 0.15) is 17.2 Å². The van der Waals surface area contributed by atoms with Gasteiger partial charge in [-0.3, -0.25) is 4.90 Å². The first-order valence-electron chi connectivity index (χ1n) is 11.5. The van der Waals surface area contributed by atoms with E-state index in [0.29, 0.717) is 11.1 Å². The molecule has 1 aromatic heterocycles. The van der Waals surface area contributed by atoms with Crippen molar-refractivity contribution in [1.29, 1.82) is 0 Å². The SMILES string of the molecule is c1ccc(OCC[N+]2(c3nn[nH]n3)CCN(C(c3ccccc3)c3ccccc3)CC2)cc1. The number of piperazine rings is 1. The van der Waals surface area contributed by atoms with Crippen LogP contribution in [-0.2, 0) is 0 Å². The number of H-pyrrole nitrogens is 1. The number of nitrogens with one attached hydrogen (secondary N) is 1. The van der Waals surface area contributed by atoms with Gasteiger partial charge in [-0.2, -0.15) is 5.21 Å². The van der Waals surface area contributed by atoms with E-state index in [1.54, 1.807) is 0 Å². The van der Waals surface area contributed by atoms with Gasteiger partial charge in [0.25, 0.3) is 0 Å². The molecule has 33 heavy (non-hydrogen) atoms. The fraction of sp³-hybridized carbons (Fsp3) is 0.269. The second-order valence-electron chi connectivity index (χ2n) is 8.45. The molecule has 5 rings (SSSR count). The minimum Gasteiger partial charge on any atom is -0.488 e. The number of quaternary nitrogens is 1. The van der Waals surface area contributed by atoms with Gasteiger partial charge >= 0.3 is 5.95 Å². The third kappa shape index (κ3) is 4.79. The maximum atomic E-state index is 6.03. The van der Waals surface area contributed by atoms with Crippen LogP contribution in [-0.4, -0.2) is 64.9 Å². The molecule has 7 heteroatoms. The van der Waals surface area contributed by atoms with Gasteiger partial charge in [0.15, 0.2) is 0 Å². The minimum absolute atomic E-state index is 0.223. The highest BCUT2D eigenvalue weighted by Gasteiger charge is 2.41. The van der Waals surface area contributed by atoms with Crippen LogP contribution < -0.4 is 9.22 Å². The zero-order valence-electron chi connectivity index (χ0n) is 18.6. The average molecular weight is 442 g/mol. The highest BCUT2D eigenvalue weighted by molar-refractivity contribution is 5.33. The molecule has 0 bridgehead atoms. The number of hydrogen-bond donors (Lipinski definition) is 1. The lowest BCUT2D eigenvalue weighted by Gasteiger charge is -2.44. The smallest absolute Gasteiger partial charge is 0.367 e. The van der Waals surface area contributed by atoms with E-state index in [1.807, 2.05) is 30.3 Å². The molecule has 3 aromatic carbocycles. The summed E-state index contributed by atoms with van der Waals surface area (Å²) in [4.78, 5) is 2.57. The lowest BCUT2D eigenvalue weighted by atomic mass is 9.96. The van der Waals surface area contributed by atoms with Gasteiger partial charge in [-0.05, 0) is 28.5 Å². The molecule has 0 spiro atoms. The standard InChI is InChI=1S/C26H29N6O/c1-4-10-22(11-5-1)25(23-12-6-2-7-13-23)31-16-18-32(19-17-31,26-27-29-30-28-26)20-21-33-24-14-8-3-9-15-24/h1-15,25H,16-21H2,(H,27,28,29,30)/q+1. The second-order valence-corrected chi connectivity index (χ2v) is 8.45. The summed E-state index contributed by atoms with van der Waals surface area (Å²) in [6.45, 7) is 5.04. The summed E-state index contributed by atoms with van der Waals surface area (Å²) in [5, 5.41) is 15.2. The number of benzene rings is 3. The van der Waals surface area contributed by atoms with Crippen molar-refractivity contribution in [3.8, 4) is 5.75 Å². The van der Waals surface area contributed by atoms with Gasteiger partial charge in [0.1, 0.15) is 18.9 Å². The summed E-state index contributed by atoms with van der Waals surface area (Å²) in [5.41, 5.74) is 2.63. The van der Waals surface area contributed by atoms with E-state index in [0.717, 1.165) is 44.4 Å². The Morgan fingerprint density at radius 2 is 1.39 bits per heavy atom. The zero-order valence-corrected chi connectivity index (χ0v) is 18.6. The topological polar surface area (TPSA) is 66.9 Å². The molecule has 0 unspecified atom stereocenters. The first-order valence-corrected chi connectivity index (χ1v) is 11.5. The first kappa shape index (κ1) is 21.3. The van der Waals surface area contributed by atoms with Crippen molar-refractivity contribution in [2.45, 2.75) is 6.04 Å². The summed E-state index contributed by atoms with van der Waals surface area (Å²) in [5.74, 6) is 1.62. The molecule has 0 amide bonds. The normalized spacial score (nSPS) is 16.0. The molecule has 1 N–H and O–H groups in total. The molecule has 0 aliphatic carbocycles. The Balaban J connectivity index is 1.34. The molecule has 1 saturated heterocycles. The van der Waals surface area contributed by atoms with Crippen LogP contribution in [0.15, 0.2) is 91.0 Å². The lowest BCUT2D eigenvalue weighted by Crippen LogP contribution is -2.63. The van der Waals surface area contributed by atoms with Crippen molar-refractivity contribution < 1.29 is 4.74 Å². The van der Waals surface area contributed by atoms with Gasteiger partial charge in [-0.1, -0.05) is 89.1 Å². The Kier molecular flexibility index (Phi) is 6.41. The van der Waals surface area contributed by atoms with E-state index in [2.05, 4.69) is 86.2 Å². The van der Waals surface area contributed by atoms with Crippen molar-refractivity contribution in [2.24, 2.45) is 0 Å². The number of aromatic nitrogens is 4. The predicted octanol–water partition coefficient (Wildman–Crippen LogP) is 3.69. The molecule has 1 aliphatic rings. The maximum Gasteiger partial charge on any atom is 0.367 e. The van der Waals surface area contributed by atoms with E-state index < -0.39 is 0 Å². The highest BCUT2D eigenvalue weighted by atomic mass is 16.5. The third-order valence-corrected chi connectivity index (χ3v) is 6.52. The van der Waals surface area contributed by atoms with Gasteiger partial charge in [0, 0.05) is 13.1 Å². The van der Waals surface area contributed by atoms with Crippen molar-refractivity contribution in [1.82, 2.24) is 30.0 Å². The molecule has 0 saturated carbocycles. The number of para-hydroxylation sites is 1. The van der Waals surface area contributed by atoms with Crippen LogP contribution in [0.25, 0.3) is 0 Å². The molecule has 2 heterocycles. The number of aromatic amines is 1. The Morgan fingerprint density at radius 3 is 1.94 bits per heavy atom. The Hall–Kier alpha value is -3.55. The van der Waals surface area contributed by atoms with E-state index >= 15 is 0 Å². The predicted molar refractivity (Wildman–Crippen MR) is 129 cm³/mol. The summed E-state index contributed by atoms with van der Waals surface area (Å²) < 4.78 is 6.69. The van der Waals surface area contributed by atoms with Gasteiger partial charge in [-0.25, -0.2) is 4.48 Å². The number of rotatable bonds is 8. The van der Waals surface area contributed by atoms with Crippen LogP contribution >= 0.6 is 0 Å². The molecule has 0 atom stereocenters. The van der Waals surface area contributed by atoms with E-state index in [1.165, 1.54) is 11.1 Å². The monoisotopic (exact) mass is 441 g/mol. The second kappa shape index (κ2) is 9.94. The van der Waals surface area contributed by atoms with Crippen LogP contribution in [0, 0.1) is 0 Å². The molecule has 1 fully saturated rings. The lowest BCUT2D eigenvalue weighted by molar-refractivity contribution is 0.0954. The molecular weight excluding hydrogens is 412 g/mol. The van der Waals surface area contributed by atoms with E-state index in [4.69, 9.17) is 4.74 Å². The van der Waals surface area contributed by atoms with Crippen LogP contribution in [0.4, 0.5) is 5.95 Å². The van der Waals surface area contributed by atoms with E-state index in [9.17, 15) is 0 Å². The van der Waals surface area contributed by atoms with Crippen LogP contribution in [0.3, 0.4) is 0 Å². The maximum absolute atomic E-state index is 6.03. The number of nitrogens with zero attached hydrogens (tertiary/aromatic N) is 5. The van der Waals surface area contributed by atoms with Gasteiger partial charge in [0.2, 0.25) is 0 Å². The van der Waals surface area contributed by atoms with E-state index in [-0.39, 0.29) is 6.04 Å². The number of hydrogen-bond acceptors (Lipinski definition) is 5. The molecule has 7 nitrogen and oxygen atoms in total. The van der Waals surface area contributed by atoms with Crippen LogP contribution in [0.5, 0.6) is 5.75 Å². The molecule has 4 aromatic rings. The first-order chi connectivity index (χ1) is 16.3. The average Bonchev–Trinajstić information content (AvgIpc) is 3.43. The number of tetrazole rings is 1. The third-order valence-electron chi connectivity index (χ3n) is 6.52. The zero-order chi connectivity index (χ0) is 22.3. The highest BCUT2D eigenvalue weighted by Crippen LogP contribution is 2.31. The van der Waals surface area contributed by atoms with Crippen LogP contribution in [0.2, 0.25) is 0 Å². The van der Waals surface area contributed by atoms with Crippen molar-refractivity contribution in [3.63, 3.8) is 0 Å². The summed E-state index contributed by atoms with van der Waals surface area (Å²) in [6, 6.07) is 31.7. The summed E-state index contributed by atoms with van der Waals surface area (Å²) in [6.07, 6.45) is 0. The van der Waals surface area contributed by atoms with Crippen molar-refractivity contribution in [2.75, 3.05) is 39.3 Å². The van der Waals surface area contributed by atoms with Gasteiger partial charge in [0.05, 0.1) is 19.1 Å². The Labute approximate surface area is 194 Å². The quantitative estimate of drug-likeness (QED) is 0.423.